The maximum Gasteiger partial charge on any atom is 0.365 e. The monoisotopic (exact) mass is 564 g/mol. The summed E-state index contributed by atoms with van der Waals surface area (Å²) in [7, 11) is 2.55. The summed E-state index contributed by atoms with van der Waals surface area (Å²) in [5, 5.41) is 1.61. The summed E-state index contributed by atoms with van der Waals surface area (Å²) in [4.78, 5) is 0. The molecule has 0 heterocycles. The lowest BCUT2D eigenvalue weighted by Gasteiger charge is -2.23. The van der Waals surface area contributed by atoms with Gasteiger partial charge in [0.15, 0.2) is 0 Å². The van der Waals surface area contributed by atoms with Crippen molar-refractivity contribution < 1.29 is 23.1 Å². The molecule has 0 fully saturated rings. The van der Waals surface area contributed by atoms with E-state index < -0.39 is 7.60 Å². The van der Waals surface area contributed by atoms with Gasteiger partial charge in [0, 0.05) is 10.9 Å². The molecule has 0 N–H and O–H groups in total. The summed E-state index contributed by atoms with van der Waals surface area (Å²) in [6.45, 7) is 8.29. The third-order valence-corrected chi connectivity index (χ3v) is 8.96. The molecular weight excluding hydrogens is 526 g/mol. The zero-order valence-electron chi connectivity index (χ0n) is 23.6. The fourth-order valence-corrected chi connectivity index (χ4v) is 7.10. The molecule has 0 aliphatic carbocycles. The third kappa shape index (κ3) is 7.18. The first-order chi connectivity index (χ1) is 18.8. The van der Waals surface area contributed by atoms with Crippen LogP contribution in [-0.4, -0.2) is 27.4 Å². The van der Waals surface area contributed by atoms with Crippen LogP contribution in [0.1, 0.15) is 25.0 Å². The fraction of sp³-hybridized carbons (Fsp3) is 0.250. The highest BCUT2D eigenvalue weighted by atomic mass is 31.2. The predicted molar refractivity (Wildman–Crippen MR) is 166 cm³/mol. The van der Waals surface area contributed by atoms with Crippen LogP contribution >= 0.6 is 16.8 Å². The Morgan fingerprint density at radius 1 is 0.641 bits per heavy atom. The molecule has 0 spiro atoms. The Hall–Kier alpha value is -2.94. The van der Waals surface area contributed by atoms with Crippen molar-refractivity contribution in [1.82, 2.24) is 0 Å². The molecule has 4 rings (SSSR count). The van der Waals surface area contributed by atoms with Gasteiger partial charge < -0.3 is 18.5 Å². The van der Waals surface area contributed by atoms with Crippen molar-refractivity contribution in [3.8, 4) is 33.8 Å². The van der Waals surface area contributed by atoms with Gasteiger partial charge in [-0.25, -0.2) is 0 Å². The van der Waals surface area contributed by atoms with E-state index in [9.17, 15) is 4.57 Å². The predicted octanol–water partition coefficient (Wildman–Crippen LogP) is 7.73. The highest BCUT2D eigenvalue weighted by molar-refractivity contribution is 7.62. The first-order valence-corrected chi connectivity index (χ1v) is 15.0. The summed E-state index contributed by atoms with van der Waals surface area (Å²) in [5.41, 5.74) is 6.52. The zero-order valence-corrected chi connectivity index (χ0v) is 25.6. The summed E-state index contributed by atoms with van der Waals surface area (Å²) < 4.78 is 35.4. The van der Waals surface area contributed by atoms with Crippen LogP contribution in [0.15, 0.2) is 84.9 Å². The molecule has 4 aromatic carbocycles. The smallest absolute Gasteiger partial charge is 0.365 e. The standard InChI is InChI=1S/C18H23O4P.C14H15OP/c1-5-21-23(19,22-6-2)18-16(20-4)13-12-14(3)17(18)15-10-8-7-9-11-15;1-10-8-9-12(15-2)14(16)13(10)11-6-4-3-5-7-11/h7-13H,5-6H2,1-4H3;3-9H,16H2,1-2H3. The molecule has 0 saturated heterocycles. The second kappa shape index (κ2) is 14.4. The summed E-state index contributed by atoms with van der Waals surface area (Å²) in [6.07, 6.45) is 0. The Kier molecular flexibility index (Phi) is 11.3. The van der Waals surface area contributed by atoms with Gasteiger partial charge >= 0.3 is 7.60 Å². The summed E-state index contributed by atoms with van der Waals surface area (Å²) in [6, 6.07) is 28.0. The largest absolute Gasteiger partial charge is 0.496 e. The van der Waals surface area contributed by atoms with E-state index in [1.54, 1.807) is 28.1 Å². The molecule has 7 heteroatoms. The van der Waals surface area contributed by atoms with E-state index in [4.69, 9.17) is 18.5 Å². The highest BCUT2D eigenvalue weighted by Crippen LogP contribution is 2.52. The number of hydrogen-bond donors (Lipinski definition) is 0. The minimum atomic E-state index is -3.48. The van der Waals surface area contributed by atoms with Gasteiger partial charge in [0.2, 0.25) is 0 Å². The van der Waals surface area contributed by atoms with Gasteiger partial charge in [0.25, 0.3) is 0 Å². The van der Waals surface area contributed by atoms with Crippen LogP contribution in [0, 0.1) is 13.8 Å². The van der Waals surface area contributed by atoms with Crippen molar-refractivity contribution in [2.75, 3.05) is 27.4 Å². The van der Waals surface area contributed by atoms with Crippen LogP contribution in [0.25, 0.3) is 22.3 Å². The molecule has 0 aliphatic rings. The highest BCUT2D eigenvalue weighted by Gasteiger charge is 2.34. The molecule has 0 saturated carbocycles. The van der Waals surface area contributed by atoms with E-state index in [1.165, 1.54) is 16.7 Å². The summed E-state index contributed by atoms with van der Waals surface area (Å²) >= 11 is 0. The van der Waals surface area contributed by atoms with Crippen LogP contribution in [0.3, 0.4) is 0 Å². The van der Waals surface area contributed by atoms with Gasteiger partial charge in [-0.05, 0) is 67.6 Å². The normalized spacial score (nSPS) is 10.9. The van der Waals surface area contributed by atoms with Crippen LogP contribution in [0.4, 0.5) is 0 Å². The average Bonchev–Trinajstić information content (AvgIpc) is 2.95. The van der Waals surface area contributed by atoms with Crippen molar-refractivity contribution in [1.29, 1.82) is 0 Å². The average molecular weight is 565 g/mol. The minimum Gasteiger partial charge on any atom is -0.496 e. The Morgan fingerprint density at radius 2 is 1.08 bits per heavy atom. The molecule has 0 aliphatic heterocycles. The van der Waals surface area contributed by atoms with Gasteiger partial charge in [-0.1, -0.05) is 72.8 Å². The Bertz CT molecular complexity index is 1400. The van der Waals surface area contributed by atoms with Gasteiger partial charge in [0.1, 0.15) is 16.8 Å². The number of benzene rings is 4. The molecule has 1 atom stereocenters. The molecule has 1 unspecified atom stereocenters. The molecule has 206 valence electrons. The topological polar surface area (TPSA) is 54.0 Å². The van der Waals surface area contributed by atoms with Crippen molar-refractivity contribution in [2.24, 2.45) is 0 Å². The Morgan fingerprint density at radius 3 is 1.54 bits per heavy atom. The fourth-order valence-electron chi connectivity index (χ4n) is 4.46. The molecule has 5 nitrogen and oxygen atoms in total. The first-order valence-electron chi connectivity index (χ1n) is 12.9. The second-order valence-electron chi connectivity index (χ2n) is 8.75. The number of methoxy groups -OCH3 is 2. The van der Waals surface area contributed by atoms with E-state index >= 15 is 0 Å². The maximum atomic E-state index is 13.4. The lowest BCUT2D eigenvalue weighted by molar-refractivity contribution is 0.229. The second-order valence-corrected chi connectivity index (χ2v) is 11.3. The first kappa shape index (κ1) is 30.6. The lowest BCUT2D eigenvalue weighted by atomic mass is 10.0. The number of hydrogen-bond acceptors (Lipinski definition) is 5. The Balaban J connectivity index is 0.000000230. The van der Waals surface area contributed by atoms with Crippen molar-refractivity contribution >= 4 is 27.4 Å². The van der Waals surface area contributed by atoms with E-state index in [0.29, 0.717) is 24.3 Å². The molecule has 39 heavy (non-hydrogen) atoms. The van der Waals surface area contributed by atoms with Gasteiger partial charge in [-0.2, -0.15) is 0 Å². The zero-order chi connectivity index (χ0) is 28.4. The molecule has 4 aromatic rings. The Labute approximate surface area is 235 Å². The van der Waals surface area contributed by atoms with E-state index in [1.807, 2.05) is 61.5 Å². The van der Waals surface area contributed by atoms with Gasteiger partial charge in [-0.15, -0.1) is 9.24 Å². The quantitative estimate of drug-likeness (QED) is 0.195. The minimum absolute atomic E-state index is 0.294. The van der Waals surface area contributed by atoms with Crippen LogP contribution < -0.4 is 20.1 Å². The van der Waals surface area contributed by atoms with Crippen LogP contribution in [0.5, 0.6) is 11.5 Å². The van der Waals surface area contributed by atoms with Crippen molar-refractivity contribution in [3.05, 3.63) is 96.1 Å². The maximum absolute atomic E-state index is 13.4. The molecule has 0 aromatic heterocycles. The molecule has 0 bridgehead atoms. The third-order valence-electron chi connectivity index (χ3n) is 6.20. The number of ether oxygens (including phenoxy) is 2. The van der Waals surface area contributed by atoms with Crippen LogP contribution in [-0.2, 0) is 13.6 Å². The van der Waals surface area contributed by atoms with E-state index in [2.05, 4.69) is 46.5 Å². The SMILES string of the molecule is CCOP(=O)(OCC)c1c(OC)ccc(C)c1-c1ccccc1.COc1ccc(C)c(-c2ccccc2)c1P. The van der Waals surface area contributed by atoms with Gasteiger partial charge in [-0.3, -0.25) is 4.57 Å². The van der Waals surface area contributed by atoms with Crippen molar-refractivity contribution in [2.45, 2.75) is 27.7 Å². The molecule has 0 radical (unpaired) electrons. The number of aryl methyl sites for hydroxylation is 2. The molecular formula is C32H38O5P2. The number of rotatable bonds is 9. The van der Waals surface area contributed by atoms with Crippen LogP contribution in [0.2, 0.25) is 0 Å². The summed E-state index contributed by atoms with van der Waals surface area (Å²) in [5.74, 6) is 1.43. The van der Waals surface area contributed by atoms with Gasteiger partial charge in [0.05, 0.1) is 27.4 Å². The van der Waals surface area contributed by atoms with E-state index in [-0.39, 0.29) is 0 Å². The van der Waals surface area contributed by atoms with Crippen molar-refractivity contribution in [3.63, 3.8) is 0 Å². The lowest BCUT2D eigenvalue weighted by Crippen LogP contribution is -2.17. The molecule has 0 amide bonds. The van der Waals surface area contributed by atoms with E-state index in [0.717, 1.165) is 27.7 Å².